The highest BCUT2D eigenvalue weighted by molar-refractivity contribution is 7.98. The first-order chi connectivity index (χ1) is 21.6. The SMILES string of the molecule is CSc1ccc(Oc2ccc(CC(N)=O)cc2CN(C)C)cc1.[C-]#[N+]Cc1ccc(Oc2ccc(SC)cc2)c(CN(C)C)c1. The fourth-order valence-electron chi connectivity index (χ4n) is 4.44. The van der Waals surface area contributed by atoms with E-state index in [2.05, 4.69) is 39.1 Å². The molecule has 4 rings (SSSR count). The van der Waals surface area contributed by atoms with E-state index in [0.29, 0.717) is 6.54 Å². The van der Waals surface area contributed by atoms with Crippen LogP contribution in [0.2, 0.25) is 0 Å². The summed E-state index contributed by atoms with van der Waals surface area (Å²) in [5, 5.41) is 0. The molecule has 0 aliphatic heterocycles. The van der Waals surface area contributed by atoms with Gasteiger partial charge in [-0.05, 0) is 119 Å². The minimum Gasteiger partial charge on any atom is -0.457 e. The quantitative estimate of drug-likeness (QED) is 0.117. The van der Waals surface area contributed by atoms with Crippen LogP contribution in [0.25, 0.3) is 4.85 Å². The number of hydrogen-bond acceptors (Lipinski definition) is 7. The number of benzene rings is 4. The molecule has 0 aliphatic rings. The summed E-state index contributed by atoms with van der Waals surface area (Å²) in [6.07, 6.45) is 4.34. The number of nitrogens with zero attached hydrogens (tertiary/aromatic N) is 3. The Morgan fingerprint density at radius 1 is 0.711 bits per heavy atom. The van der Waals surface area contributed by atoms with Crippen LogP contribution in [0.4, 0.5) is 0 Å². The van der Waals surface area contributed by atoms with Gasteiger partial charge in [0.15, 0.2) is 0 Å². The van der Waals surface area contributed by atoms with Gasteiger partial charge in [0.05, 0.1) is 6.42 Å². The summed E-state index contributed by atoms with van der Waals surface area (Å²) in [6, 6.07) is 27.8. The van der Waals surface area contributed by atoms with E-state index in [0.717, 1.165) is 58.3 Å². The molecule has 0 fully saturated rings. The summed E-state index contributed by atoms with van der Waals surface area (Å²) in [7, 11) is 8.05. The molecule has 4 aromatic carbocycles. The molecular weight excluding hydrogens is 601 g/mol. The molecule has 0 heterocycles. The Morgan fingerprint density at radius 3 is 1.51 bits per heavy atom. The number of hydrogen-bond donors (Lipinski definition) is 1. The molecule has 0 saturated heterocycles. The highest BCUT2D eigenvalue weighted by atomic mass is 32.2. The topological polar surface area (TPSA) is 72.4 Å². The van der Waals surface area contributed by atoms with Crippen molar-refractivity contribution >= 4 is 29.4 Å². The van der Waals surface area contributed by atoms with Gasteiger partial charge in [-0.3, -0.25) is 4.79 Å². The van der Waals surface area contributed by atoms with E-state index in [1.54, 1.807) is 23.5 Å². The van der Waals surface area contributed by atoms with Crippen molar-refractivity contribution in [3.05, 3.63) is 119 Å². The minimum atomic E-state index is -0.331. The van der Waals surface area contributed by atoms with E-state index in [9.17, 15) is 4.79 Å². The molecule has 2 N–H and O–H groups in total. The fraction of sp³-hybridized carbons (Fsp3) is 0.278. The summed E-state index contributed by atoms with van der Waals surface area (Å²) in [4.78, 5) is 21.1. The second kappa shape index (κ2) is 18.1. The first-order valence-corrected chi connectivity index (χ1v) is 16.8. The molecule has 9 heteroatoms. The Hall–Kier alpha value is -3.94. The lowest BCUT2D eigenvalue weighted by molar-refractivity contribution is -0.117. The number of carbonyl (C=O) groups excluding carboxylic acids is 1. The van der Waals surface area contributed by atoms with Crippen LogP contribution in [0.5, 0.6) is 23.0 Å². The average molecular weight is 643 g/mol. The second-order valence-electron chi connectivity index (χ2n) is 10.9. The molecule has 4 aromatic rings. The molecule has 1 amide bonds. The number of ether oxygens (including phenoxy) is 2. The third-order valence-corrected chi connectivity index (χ3v) is 7.92. The van der Waals surface area contributed by atoms with Crippen LogP contribution in [-0.4, -0.2) is 56.4 Å². The van der Waals surface area contributed by atoms with Crippen molar-refractivity contribution in [3.63, 3.8) is 0 Å². The van der Waals surface area contributed by atoms with Gasteiger partial charge >= 0.3 is 0 Å². The van der Waals surface area contributed by atoms with Gasteiger partial charge in [0.2, 0.25) is 12.5 Å². The fourth-order valence-corrected chi connectivity index (χ4v) is 5.25. The standard InChI is InChI=1S/C18H22N2O2S.C18H20N2OS/c1-20(2)12-14-10-13(11-18(19)21)4-9-17(14)22-15-5-7-16(23-3)8-6-15;1-19-12-14-5-10-18(15(11-14)13-20(2)3)21-16-6-8-17(22-4)9-7-16/h4-10H,11-12H2,1-3H3,(H2,19,21);5-11H,12-13H2,2-4H3. The molecule has 0 aromatic heterocycles. The minimum absolute atomic E-state index is 0.239. The lowest BCUT2D eigenvalue weighted by atomic mass is 10.1. The van der Waals surface area contributed by atoms with Crippen molar-refractivity contribution in [1.82, 2.24) is 9.80 Å². The molecule has 45 heavy (non-hydrogen) atoms. The number of amides is 1. The van der Waals surface area contributed by atoms with Crippen LogP contribution in [0.15, 0.2) is 94.7 Å². The van der Waals surface area contributed by atoms with E-state index in [-0.39, 0.29) is 12.3 Å². The second-order valence-corrected chi connectivity index (χ2v) is 12.6. The van der Waals surface area contributed by atoms with Crippen molar-refractivity contribution in [2.75, 3.05) is 40.7 Å². The highest BCUT2D eigenvalue weighted by Crippen LogP contribution is 2.30. The van der Waals surface area contributed by atoms with Gasteiger partial charge in [-0.2, -0.15) is 0 Å². The van der Waals surface area contributed by atoms with Gasteiger partial charge in [-0.1, -0.05) is 12.1 Å². The van der Waals surface area contributed by atoms with Crippen LogP contribution in [0.3, 0.4) is 0 Å². The number of rotatable bonds is 13. The third kappa shape index (κ3) is 12.2. The summed E-state index contributed by atoms with van der Waals surface area (Å²) >= 11 is 3.41. The zero-order valence-corrected chi connectivity index (χ0v) is 28.5. The van der Waals surface area contributed by atoms with Gasteiger partial charge in [0, 0.05) is 39.6 Å². The Labute approximate surface area is 276 Å². The molecule has 7 nitrogen and oxygen atoms in total. The van der Waals surface area contributed by atoms with Gasteiger partial charge < -0.3 is 29.9 Å². The van der Waals surface area contributed by atoms with Crippen molar-refractivity contribution in [2.45, 2.75) is 35.8 Å². The predicted octanol–water partition coefficient (Wildman–Crippen LogP) is 7.97. The highest BCUT2D eigenvalue weighted by Gasteiger charge is 2.11. The number of carbonyl (C=O) groups is 1. The van der Waals surface area contributed by atoms with Gasteiger partial charge in [-0.15, -0.1) is 23.5 Å². The zero-order chi connectivity index (χ0) is 32.8. The van der Waals surface area contributed by atoms with Gasteiger partial charge in [0.25, 0.3) is 0 Å². The Kier molecular flexibility index (Phi) is 14.3. The Morgan fingerprint density at radius 2 is 1.13 bits per heavy atom. The van der Waals surface area contributed by atoms with E-state index in [1.807, 2.05) is 101 Å². The van der Waals surface area contributed by atoms with Crippen LogP contribution in [0.1, 0.15) is 22.3 Å². The molecule has 0 atom stereocenters. The predicted molar refractivity (Wildman–Crippen MR) is 187 cm³/mol. The van der Waals surface area contributed by atoms with Crippen LogP contribution in [-0.2, 0) is 30.8 Å². The number of thioether (sulfide) groups is 2. The maximum absolute atomic E-state index is 11.1. The molecular formula is C36H42N4O3S2. The van der Waals surface area contributed by atoms with Crippen molar-refractivity contribution in [1.29, 1.82) is 0 Å². The maximum Gasteiger partial charge on any atom is 0.239 e. The van der Waals surface area contributed by atoms with Crippen LogP contribution < -0.4 is 15.2 Å². The lowest BCUT2D eigenvalue weighted by Gasteiger charge is -2.16. The largest absolute Gasteiger partial charge is 0.457 e. The van der Waals surface area contributed by atoms with Crippen molar-refractivity contribution < 1.29 is 14.3 Å². The molecule has 0 radical (unpaired) electrons. The maximum atomic E-state index is 11.1. The zero-order valence-electron chi connectivity index (χ0n) is 26.9. The summed E-state index contributed by atoms with van der Waals surface area (Å²) in [5.41, 5.74) is 9.34. The smallest absolute Gasteiger partial charge is 0.239 e. The van der Waals surface area contributed by atoms with Crippen LogP contribution in [0, 0.1) is 6.57 Å². The van der Waals surface area contributed by atoms with Crippen molar-refractivity contribution in [3.8, 4) is 23.0 Å². The monoisotopic (exact) mass is 642 g/mol. The molecule has 0 unspecified atom stereocenters. The molecule has 0 saturated carbocycles. The molecule has 0 bridgehead atoms. The van der Waals surface area contributed by atoms with Crippen molar-refractivity contribution in [2.24, 2.45) is 5.73 Å². The molecule has 0 spiro atoms. The lowest BCUT2D eigenvalue weighted by Crippen LogP contribution is -2.15. The Bertz CT molecular complexity index is 1570. The summed E-state index contributed by atoms with van der Waals surface area (Å²) < 4.78 is 12.0. The third-order valence-electron chi connectivity index (χ3n) is 6.44. The van der Waals surface area contributed by atoms with Gasteiger partial charge in [0.1, 0.15) is 23.0 Å². The molecule has 0 aliphatic carbocycles. The average Bonchev–Trinajstić information content (AvgIpc) is 3.00. The van der Waals surface area contributed by atoms with Gasteiger partial charge in [-0.25, -0.2) is 6.57 Å². The summed E-state index contributed by atoms with van der Waals surface area (Å²) in [5.74, 6) is 2.94. The van der Waals surface area contributed by atoms with E-state index >= 15 is 0 Å². The first kappa shape index (κ1) is 35.5. The van der Waals surface area contributed by atoms with Crippen LogP contribution >= 0.6 is 23.5 Å². The van der Waals surface area contributed by atoms with E-state index in [4.69, 9.17) is 21.8 Å². The first-order valence-electron chi connectivity index (χ1n) is 14.4. The number of primary amides is 1. The normalized spacial score (nSPS) is 10.6. The number of nitrogens with two attached hydrogens (primary N) is 1. The Balaban J connectivity index is 0.000000246. The van der Waals surface area contributed by atoms with E-state index in [1.165, 1.54) is 9.79 Å². The van der Waals surface area contributed by atoms with E-state index < -0.39 is 0 Å². The molecule has 236 valence electrons. The summed E-state index contributed by atoms with van der Waals surface area (Å²) in [6.45, 7) is 8.92.